The number of benzene rings is 7. The molecule has 0 radical (unpaired) electrons. The van der Waals surface area contributed by atoms with Crippen molar-refractivity contribution < 1.29 is 4.74 Å². The van der Waals surface area contributed by atoms with E-state index in [-0.39, 0.29) is 5.41 Å². The van der Waals surface area contributed by atoms with Crippen LogP contribution in [0.4, 0.5) is 0 Å². The predicted octanol–water partition coefficient (Wildman–Crippen LogP) is 12.4. The van der Waals surface area contributed by atoms with Gasteiger partial charge in [-0.2, -0.15) is 0 Å². The highest BCUT2D eigenvalue weighted by atomic mass is 16.5. The van der Waals surface area contributed by atoms with Gasteiger partial charge in [0.2, 0.25) is 0 Å². The van der Waals surface area contributed by atoms with Crippen LogP contribution in [0.3, 0.4) is 0 Å². The van der Waals surface area contributed by atoms with Gasteiger partial charge in [-0.15, -0.1) is 0 Å². The van der Waals surface area contributed by atoms with Crippen LogP contribution in [0.25, 0.3) is 78.1 Å². The van der Waals surface area contributed by atoms with Gasteiger partial charge in [-0.05, 0) is 74.7 Å². The first kappa shape index (κ1) is 28.7. The van der Waals surface area contributed by atoms with Crippen molar-refractivity contribution in [2.24, 2.45) is 0 Å². The maximum absolute atomic E-state index is 6.46. The lowest BCUT2D eigenvalue weighted by Gasteiger charge is -2.22. The van der Waals surface area contributed by atoms with Crippen LogP contribution < -0.4 is 4.74 Å². The maximum atomic E-state index is 6.46. The fourth-order valence-corrected chi connectivity index (χ4v) is 7.90. The van der Waals surface area contributed by atoms with E-state index in [1.54, 1.807) is 0 Å². The fourth-order valence-electron chi connectivity index (χ4n) is 7.90. The van der Waals surface area contributed by atoms with Crippen LogP contribution in [0.2, 0.25) is 0 Å². The number of ether oxygens (including phenoxy) is 1. The quantitative estimate of drug-likeness (QED) is 0.192. The van der Waals surface area contributed by atoms with Crippen molar-refractivity contribution in [2.45, 2.75) is 19.3 Å². The van der Waals surface area contributed by atoms with Gasteiger partial charge in [0.25, 0.3) is 0 Å². The summed E-state index contributed by atoms with van der Waals surface area (Å²) in [4.78, 5) is 10.2. The Labute approximate surface area is 291 Å². The summed E-state index contributed by atoms with van der Waals surface area (Å²) < 4.78 is 6.46. The maximum Gasteiger partial charge on any atom is 0.160 e. The number of aromatic nitrogens is 2. The minimum Gasteiger partial charge on any atom is -0.456 e. The molecule has 2 heterocycles. The summed E-state index contributed by atoms with van der Waals surface area (Å²) in [5, 5.41) is 2.37. The van der Waals surface area contributed by atoms with Crippen molar-refractivity contribution in [1.29, 1.82) is 0 Å². The van der Waals surface area contributed by atoms with E-state index in [2.05, 4.69) is 153 Å². The van der Waals surface area contributed by atoms with Gasteiger partial charge in [0.1, 0.15) is 11.5 Å². The van der Waals surface area contributed by atoms with Crippen LogP contribution in [0.15, 0.2) is 158 Å². The summed E-state index contributed by atoms with van der Waals surface area (Å²) in [5.74, 6) is 2.50. The molecule has 1 aromatic heterocycles. The minimum atomic E-state index is -0.0890. The molecule has 1 aliphatic heterocycles. The van der Waals surface area contributed by atoms with Crippen LogP contribution in [-0.2, 0) is 5.41 Å². The Kier molecular flexibility index (Phi) is 6.22. The van der Waals surface area contributed by atoms with E-state index < -0.39 is 0 Å². The molecule has 0 unspecified atom stereocenters. The molecule has 0 fully saturated rings. The summed E-state index contributed by atoms with van der Waals surface area (Å²) >= 11 is 0. The molecule has 0 saturated carbocycles. The van der Waals surface area contributed by atoms with Gasteiger partial charge in [0.15, 0.2) is 5.82 Å². The molecule has 50 heavy (non-hydrogen) atoms. The highest BCUT2D eigenvalue weighted by molar-refractivity contribution is 6.04. The van der Waals surface area contributed by atoms with E-state index in [4.69, 9.17) is 14.7 Å². The van der Waals surface area contributed by atoms with Crippen LogP contribution >= 0.6 is 0 Å². The Hall–Kier alpha value is -6.32. The SMILES string of the molecule is CC1(C)c2ccccc2-c2ccc(-c3cc(-c4ccc(-c5ccc6c(c5)Oc5cccc7cccc-6c57)cc4)nc(-c4ccccc4)n3)cc21. The van der Waals surface area contributed by atoms with Gasteiger partial charge in [0.05, 0.1) is 11.4 Å². The zero-order chi connectivity index (χ0) is 33.4. The van der Waals surface area contributed by atoms with Crippen molar-refractivity contribution in [3.63, 3.8) is 0 Å². The first-order valence-electron chi connectivity index (χ1n) is 17.2. The molecule has 7 aromatic carbocycles. The molecule has 10 rings (SSSR count). The number of rotatable bonds is 4. The van der Waals surface area contributed by atoms with E-state index in [1.165, 1.54) is 38.6 Å². The Morgan fingerprint density at radius 1 is 0.420 bits per heavy atom. The van der Waals surface area contributed by atoms with Crippen LogP contribution in [0, 0.1) is 0 Å². The fraction of sp³-hybridized carbons (Fsp3) is 0.0638. The number of fused-ring (bicyclic) bond motifs is 5. The lowest BCUT2D eigenvalue weighted by atomic mass is 9.82. The van der Waals surface area contributed by atoms with Crippen molar-refractivity contribution in [1.82, 2.24) is 9.97 Å². The number of hydrogen-bond acceptors (Lipinski definition) is 3. The topological polar surface area (TPSA) is 35.0 Å². The van der Waals surface area contributed by atoms with Crippen LogP contribution in [-0.4, -0.2) is 9.97 Å². The van der Waals surface area contributed by atoms with E-state index in [1.807, 2.05) is 18.2 Å². The monoisotopic (exact) mass is 640 g/mol. The highest BCUT2D eigenvalue weighted by Crippen LogP contribution is 2.50. The molecule has 236 valence electrons. The summed E-state index contributed by atoms with van der Waals surface area (Å²) in [6, 6.07) is 55.8. The normalized spacial score (nSPS) is 13.3. The average molecular weight is 641 g/mol. The summed E-state index contributed by atoms with van der Waals surface area (Å²) in [7, 11) is 0. The number of hydrogen-bond donors (Lipinski definition) is 0. The first-order valence-corrected chi connectivity index (χ1v) is 17.2. The molecule has 3 heteroatoms. The molecule has 0 atom stereocenters. The van der Waals surface area contributed by atoms with Crippen LogP contribution in [0.5, 0.6) is 11.5 Å². The molecule has 0 spiro atoms. The van der Waals surface area contributed by atoms with Gasteiger partial charge in [0, 0.05) is 33.1 Å². The lowest BCUT2D eigenvalue weighted by molar-refractivity contribution is 0.487. The third kappa shape index (κ3) is 4.44. The van der Waals surface area contributed by atoms with Crippen molar-refractivity contribution in [3.8, 4) is 78.8 Å². The van der Waals surface area contributed by atoms with Crippen LogP contribution in [0.1, 0.15) is 25.0 Å². The molecule has 3 nitrogen and oxygen atoms in total. The van der Waals surface area contributed by atoms with Gasteiger partial charge < -0.3 is 4.74 Å². The Morgan fingerprint density at radius 2 is 1.06 bits per heavy atom. The minimum absolute atomic E-state index is 0.0890. The van der Waals surface area contributed by atoms with Crippen molar-refractivity contribution in [2.75, 3.05) is 0 Å². The third-order valence-corrected chi connectivity index (χ3v) is 10.5. The Balaban J connectivity index is 1.03. The molecule has 8 aromatic rings. The Bertz CT molecular complexity index is 2630. The molecule has 2 aliphatic rings. The van der Waals surface area contributed by atoms with Gasteiger partial charge in [-0.25, -0.2) is 9.97 Å². The summed E-state index contributed by atoms with van der Waals surface area (Å²) in [6.45, 7) is 4.63. The smallest absolute Gasteiger partial charge is 0.160 e. The van der Waals surface area contributed by atoms with E-state index >= 15 is 0 Å². The van der Waals surface area contributed by atoms with Gasteiger partial charge in [-0.1, -0.05) is 141 Å². The van der Waals surface area contributed by atoms with E-state index in [0.29, 0.717) is 5.82 Å². The standard InChI is InChI=1S/C47H32N2O/c1-47(2)39-16-7-6-14-35(39)36-24-23-34(26-40(36)47)42-28-41(48-46(49-42)32-10-4-3-5-11-32)30-20-18-29(19-21-30)33-22-25-37-38-15-8-12-31-13-9-17-43(45(31)38)50-44(37)27-33/h3-28H,1-2H3. The van der Waals surface area contributed by atoms with Gasteiger partial charge >= 0.3 is 0 Å². The molecule has 0 N–H and O–H groups in total. The second-order valence-corrected chi connectivity index (χ2v) is 13.8. The van der Waals surface area contributed by atoms with E-state index in [9.17, 15) is 0 Å². The highest BCUT2D eigenvalue weighted by Gasteiger charge is 2.35. The molecule has 0 amide bonds. The summed E-state index contributed by atoms with van der Waals surface area (Å²) in [5.41, 5.74) is 14.7. The predicted molar refractivity (Wildman–Crippen MR) is 204 cm³/mol. The molecule has 1 aliphatic carbocycles. The second-order valence-electron chi connectivity index (χ2n) is 13.8. The van der Waals surface area contributed by atoms with Gasteiger partial charge in [-0.3, -0.25) is 0 Å². The Morgan fingerprint density at radius 3 is 1.90 bits per heavy atom. The zero-order valence-corrected chi connectivity index (χ0v) is 27.8. The molecule has 0 bridgehead atoms. The van der Waals surface area contributed by atoms with E-state index in [0.717, 1.165) is 56.3 Å². The third-order valence-electron chi connectivity index (χ3n) is 10.5. The van der Waals surface area contributed by atoms with Crippen molar-refractivity contribution in [3.05, 3.63) is 169 Å². The second kappa shape index (κ2) is 10.8. The number of nitrogens with zero attached hydrogens (tertiary/aromatic N) is 2. The largest absolute Gasteiger partial charge is 0.456 e. The first-order chi connectivity index (χ1) is 24.5. The summed E-state index contributed by atoms with van der Waals surface area (Å²) in [6.07, 6.45) is 0. The zero-order valence-electron chi connectivity index (χ0n) is 27.8. The molecular weight excluding hydrogens is 609 g/mol. The van der Waals surface area contributed by atoms with Crippen molar-refractivity contribution >= 4 is 10.8 Å². The molecular formula is C47H32N2O. The molecule has 0 saturated heterocycles. The average Bonchev–Trinajstić information content (AvgIpc) is 3.40. The lowest BCUT2D eigenvalue weighted by Crippen LogP contribution is -2.14.